The molecule has 0 amide bonds. The molecule has 0 aliphatic carbocycles. The van der Waals surface area contributed by atoms with Crippen LogP contribution in [-0.2, 0) is 0 Å². The second-order valence-corrected chi connectivity index (χ2v) is 1.93. The molecule has 1 heterocycles. The van der Waals surface area contributed by atoms with Crippen LogP contribution in [0.1, 0.15) is 5.56 Å². The van der Waals surface area contributed by atoms with Gasteiger partial charge in [0, 0.05) is 11.5 Å². The van der Waals surface area contributed by atoms with E-state index in [0.717, 1.165) is 10.6 Å². The number of hydrogen-bond acceptors (Lipinski definition) is 0. The molecule has 0 atom stereocenters. The number of hydrogen-bond donors (Lipinski definition) is 1. The molecule has 1 aromatic rings. The molecule has 0 saturated heterocycles. The van der Waals surface area contributed by atoms with Gasteiger partial charge in [-0.2, -0.15) is 0 Å². The van der Waals surface area contributed by atoms with Crippen LogP contribution in [0.4, 0.5) is 0 Å². The number of nitrogens with one attached hydrogen (secondary N) is 1. The predicted molar refractivity (Wildman–Crippen MR) is 35.8 cm³/mol. The molecule has 1 rings (SSSR count). The maximum atomic E-state index is 3.79. The highest BCUT2D eigenvalue weighted by atomic mass is 14.6. The third kappa shape index (κ3) is 0.561. The fraction of sp³-hybridized carbons (Fsp3) is 0.143. The summed E-state index contributed by atoms with van der Waals surface area (Å²) in [7, 11) is 0. The van der Waals surface area contributed by atoms with E-state index in [9.17, 15) is 0 Å². The van der Waals surface area contributed by atoms with Crippen LogP contribution in [0, 0.1) is 6.92 Å². The summed E-state index contributed by atoms with van der Waals surface area (Å²) in [6, 6.07) is 0. The van der Waals surface area contributed by atoms with Crippen LogP contribution >= 0.6 is 0 Å². The largest absolute Gasteiger partial charge is 0.361 e. The molecule has 0 aliphatic rings. The minimum atomic E-state index is 0.919. The molecule has 0 aliphatic heterocycles. The number of rotatable bonds is 0. The van der Waals surface area contributed by atoms with E-state index < -0.39 is 0 Å². The van der Waals surface area contributed by atoms with Crippen molar-refractivity contribution in [3.8, 4) is 0 Å². The average molecular weight is 107 g/mol. The van der Waals surface area contributed by atoms with E-state index in [-0.39, 0.29) is 0 Å². The molecule has 0 unspecified atom stereocenters. The molecule has 0 saturated carbocycles. The SMILES string of the molecule is C=c1[nH]cc(C)c1=C. The number of aromatic nitrogens is 1. The zero-order valence-corrected chi connectivity index (χ0v) is 4.99. The monoisotopic (exact) mass is 107 g/mol. The molecule has 1 aromatic heterocycles. The molecular formula is C7H9N. The van der Waals surface area contributed by atoms with E-state index in [1.165, 1.54) is 5.56 Å². The van der Waals surface area contributed by atoms with Gasteiger partial charge in [-0.15, -0.1) is 0 Å². The van der Waals surface area contributed by atoms with Crippen molar-refractivity contribution in [2.45, 2.75) is 6.92 Å². The normalized spacial score (nSPS) is 9.62. The Kier molecular flexibility index (Phi) is 0.975. The van der Waals surface area contributed by atoms with Crippen LogP contribution in [0.25, 0.3) is 13.2 Å². The topological polar surface area (TPSA) is 15.8 Å². The van der Waals surface area contributed by atoms with E-state index in [4.69, 9.17) is 0 Å². The summed E-state index contributed by atoms with van der Waals surface area (Å²) in [4.78, 5) is 2.96. The van der Waals surface area contributed by atoms with Crippen LogP contribution in [0.3, 0.4) is 0 Å². The van der Waals surface area contributed by atoms with Gasteiger partial charge in [0.2, 0.25) is 0 Å². The molecule has 42 valence electrons. The summed E-state index contributed by atoms with van der Waals surface area (Å²) in [5, 5.41) is 1.94. The minimum Gasteiger partial charge on any atom is -0.361 e. The lowest BCUT2D eigenvalue weighted by molar-refractivity contribution is 1.33. The standard InChI is InChI=1S/C7H9N/c1-5-4-8-7(3)6(5)2/h4,8H,2-3H2,1H3. The summed E-state index contributed by atoms with van der Waals surface area (Å²) >= 11 is 0. The van der Waals surface area contributed by atoms with Crippen molar-refractivity contribution in [1.29, 1.82) is 0 Å². The van der Waals surface area contributed by atoms with Crippen molar-refractivity contribution in [1.82, 2.24) is 4.98 Å². The van der Waals surface area contributed by atoms with Gasteiger partial charge in [-0.1, -0.05) is 13.2 Å². The van der Waals surface area contributed by atoms with Crippen LogP contribution < -0.4 is 10.6 Å². The second kappa shape index (κ2) is 1.51. The van der Waals surface area contributed by atoms with E-state index in [1.54, 1.807) is 0 Å². The molecule has 0 bridgehead atoms. The van der Waals surface area contributed by atoms with E-state index >= 15 is 0 Å². The van der Waals surface area contributed by atoms with Gasteiger partial charge in [0.1, 0.15) is 0 Å². The Bertz CT molecular complexity index is 269. The lowest BCUT2D eigenvalue weighted by Gasteiger charge is -1.72. The first-order valence-corrected chi connectivity index (χ1v) is 2.53. The Morgan fingerprint density at radius 2 is 2.12 bits per heavy atom. The van der Waals surface area contributed by atoms with Gasteiger partial charge in [-0.25, -0.2) is 0 Å². The Labute approximate surface area is 48.4 Å². The molecule has 1 N–H and O–H groups in total. The van der Waals surface area contributed by atoms with Crippen LogP contribution in [-0.4, -0.2) is 4.98 Å². The summed E-state index contributed by atoms with van der Waals surface area (Å²) in [6.45, 7) is 9.52. The number of aromatic amines is 1. The Hall–Kier alpha value is -0.980. The molecule has 1 heteroatoms. The zero-order chi connectivity index (χ0) is 6.15. The molecule has 0 aromatic carbocycles. The first kappa shape index (κ1) is 5.16. The minimum absolute atomic E-state index is 0.919. The quantitative estimate of drug-likeness (QED) is 0.485. The molecule has 0 radical (unpaired) electrons. The van der Waals surface area contributed by atoms with Crippen molar-refractivity contribution in [2.24, 2.45) is 0 Å². The molecular weight excluding hydrogens is 98.1 g/mol. The average Bonchev–Trinajstić information content (AvgIpc) is 1.98. The Morgan fingerprint density at radius 3 is 2.25 bits per heavy atom. The van der Waals surface area contributed by atoms with E-state index in [0.29, 0.717) is 0 Å². The molecule has 1 nitrogen and oxygen atoms in total. The smallest absolute Gasteiger partial charge is 0.0377 e. The molecule has 0 fully saturated rings. The highest BCUT2D eigenvalue weighted by Crippen LogP contribution is 1.74. The first-order valence-electron chi connectivity index (χ1n) is 2.53. The van der Waals surface area contributed by atoms with Crippen LogP contribution in [0.2, 0.25) is 0 Å². The maximum Gasteiger partial charge on any atom is 0.0377 e. The van der Waals surface area contributed by atoms with Gasteiger partial charge in [0.05, 0.1) is 0 Å². The van der Waals surface area contributed by atoms with Gasteiger partial charge >= 0.3 is 0 Å². The third-order valence-corrected chi connectivity index (χ3v) is 1.30. The highest BCUT2D eigenvalue weighted by Gasteiger charge is 1.83. The van der Waals surface area contributed by atoms with Crippen molar-refractivity contribution >= 4 is 13.2 Å². The lowest BCUT2D eigenvalue weighted by Crippen LogP contribution is -2.19. The van der Waals surface area contributed by atoms with E-state index in [2.05, 4.69) is 18.1 Å². The van der Waals surface area contributed by atoms with Gasteiger partial charge in [-0.05, 0) is 17.7 Å². The van der Waals surface area contributed by atoms with Gasteiger partial charge in [0.25, 0.3) is 0 Å². The number of H-pyrrole nitrogens is 1. The summed E-state index contributed by atoms with van der Waals surface area (Å²) in [5.41, 5.74) is 1.18. The Balaban J connectivity index is 3.66. The lowest BCUT2D eigenvalue weighted by atomic mass is 10.3. The number of aryl methyl sites for hydroxylation is 1. The van der Waals surface area contributed by atoms with Crippen molar-refractivity contribution in [3.63, 3.8) is 0 Å². The summed E-state index contributed by atoms with van der Waals surface area (Å²) in [5.74, 6) is 0. The Morgan fingerprint density at radius 1 is 1.50 bits per heavy atom. The first-order chi connectivity index (χ1) is 3.72. The zero-order valence-electron chi connectivity index (χ0n) is 4.99. The fourth-order valence-electron chi connectivity index (χ4n) is 0.608. The molecule has 8 heavy (non-hydrogen) atoms. The molecule has 0 spiro atoms. The fourth-order valence-corrected chi connectivity index (χ4v) is 0.608. The van der Waals surface area contributed by atoms with Gasteiger partial charge in [-0.3, -0.25) is 0 Å². The van der Waals surface area contributed by atoms with Crippen molar-refractivity contribution in [2.75, 3.05) is 0 Å². The van der Waals surface area contributed by atoms with Crippen LogP contribution in [0.15, 0.2) is 6.20 Å². The predicted octanol–water partition coefficient (Wildman–Crippen LogP) is 0.144. The van der Waals surface area contributed by atoms with E-state index in [1.807, 2.05) is 13.1 Å². The highest BCUT2D eigenvalue weighted by molar-refractivity contribution is 5.18. The second-order valence-electron chi connectivity index (χ2n) is 1.93. The van der Waals surface area contributed by atoms with Crippen LogP contribution in [0.5, 0.6) is 0 Å². The van der Waals surface area contributed by atoms with Gasteiger partial charge < -0.3 is 4.98 Å². The third-order valence-electron chi connectivity index (χ3n) is 1.30. The van der Waals surface area contributed by atoms with Crippen molar-refractivity contribution < 1.29 is 0 Å². The maximum absolute atomic E-state index is 3.79. The van der Waals surface area contributed by atoms with Gasteiger partial charge in [0.15, 0.2) is 0 Å². The van der Waals surface area contributed by atoms with Crippen molar-refractivity contribution in [3.05, 3.63) is 22.3 Å². The summed E-state index contributed by atoms with van der Waals surface area (Å²) < 4.78 is 0. The summed E-state index contributed by atoms with van der Waals surface area (Å²) in [6.07, 6.45) is 1.91.